The Balaban J connectivity index is 0.00000243. The van der Waals surface area contributed by atoms with E-state index in [-0.39, 0.29) is 12.4 Å². The fourth-order valence-electron chi connectivity index (χ4n) is 2.36. The largest absolute Gasteiger partial charge is 0.497 e. The predicted octanol–water partition coefficient (Wildman–Crippen LogP) is 5.32. The molecule has 0 aliphatic heterocycles. The Hall–Kier alpha value is -2.98. The van der Waals surface area contributed by atoms with Gasteiger partial charge in [-0.3, -0.25) is 0 Å². The van der Waals surface area contributed by atoms with Crippen molar-refractivity contribution in [3.05, 3.63) is 84.4 Å². The minimum absolute atomic E-state index is 0. The summed E-state index contributed by atoms with van der Waals surface area (Å²) in [5.74, 6) is 2.38. The average Bonchev–Trinajstić information content (AvgIpc) is 2.69. The van der Waals surface area contributed by atoms with E-state index in [2.05, 4.69) is 5.32 Å². The average molecular weight is 369 g/mol. The van der Waals surface area contributed by atoms with Gasteiger partial charge in [-0.05, 0) is 60.7 Å². The Bertz CT molecular complexity index is 832. The predicted molar refractivity (Wildman–Crippen MR) is 109 cm³/mol. The van der Waals surface area contributed by atoms with Crippen LogP contribution in [0.15, 0.2) is 83.9 Å². The molecule has 0 bridgehead atoms. The first-order chi connectivity index (χ1) is 12.3. The molecule has 0 aromatic heterocycles. The topological polar surface area (TPSA) is 42.8 Å². The van der Waals surface area contributed by atoms with Crippen molar-refractivity contribution < 1.29 is 9.47 Å². The van der Waals surface area contributed by atoms with Crippen LogP contribution in [0.1, 0.15) is 5.56 Å². The lowest BCUT2D eigenvalue weighted by atomic mass is 10.2. The molecule has 0 heterocycles. The van der Waals surface area contributed by atoms with Gasteiger partial charge in [-0.2, -0.15) is 0 Å². The summed E-state index contributed by atoms with van der Waals surface area (Å²) < 4.78 is 10.4. The SMILES string of the molecule is COc1ccc(N=C(Nc2ccccc2)c2ccc(OC)cc2)cc1.Cl. The van der Waals surface area contributed by atoms with Gasteiger partial charge in [0.15, 0.2) is 0 Å². The third-order valence-electron chi connectivity index (χ3n) is 3.71. The highest BCUT2D eigenvalue weighted by atomic mass is 35.5. The zero-order valence-electron chi connectivity index (χ0n) is 14.7. The molecule has 0 radical (unpaired) electrons. The molecule has 5 heteroatoms. The highest BCUT2D eigenvalue weighted by Gasteiger charge is 2.06. The molecule has 0 aliphatic carbocycles. The van der Waals surface area contributed by atoms with Gasteiger partial charge in [0.1, 0.15) is 17.3 Å². The van der Waals surface area contributed by atoms with Gasteiger partial charge in [0.2, 0.25) is 0 Å². The molecule has 3 aromatic carbocycles. The maximum Gasteiger partial charge on any atom is 0.138 e. The van der Waals surface area contributed by atoms with E-state index in [1.54, 1.807) is 14.2 Å². The number of nitrogens with zero attached hydrogens (tertiary/aromatic N) is 1. The maximum absolute atomic E-state index is 5.24. The van der Waals surface area contributed by atoms with Crippen LogP contribution < -0.4 is 14.8 Å². The number of ether oxygens (including phenoxy) is 2. The molecule has 0 spiro atoms. The van der Waals surface area contributed by atoms with Crippen LogP contribution in [0.4, 0.5) is 11.4 Å². The zero-order valence-corrected chi connectivity index (χ0v) is 15.5. The first kappa shape index (κ1) is 19.3. The summed E-state index contributed by atoms with van der Waals surface area (Å²) in [6, 6.07) is 25.4. The minimum Gasteiger partial charge on any atom is -0.497 e. The number of aliphatic imine (C=N–C) groups is 1. The molecule has 0 fully saturated rings. The van der Waals surface area contributed by atoms with Crippen molar-refractivity contribution in [2.45, 2.75) is 0 Å². The van der Waals surface area contributed by atoms with E-state index in [0.29, 0.717) is 0 Å². The molecule has 4 nitrogen and oxygen atoms in total. The van der Waals surface area contributed by atoms with E-state index in [4.69, 9.17) is 14.5 Å². The van der Waals surface area contributed by atoms with Gasteiger partial charge in [-0.15, -0.1) is 12.4 Å². The van der Waals surface area contributed by atoms with Crippen molar-refractivity contribution >= 4 is 29.6 Å². The lowest BCUT2D eigenvalue weighted by Gasteiger charge is -2.11. The van der Waals surface area contributed by atoms with Crippen molar-refractivity contribution in [1.29, 1.82) is 0 Å². The molecule has 134 valence electrons. The molecule has 3 aromatic rings. The Morgan fingerprint density at radius 1 is 0.731 bits per heavy atom. The number of hydrogen-bond acceptors (Lipinski definition) is 3. The highest BCUT2D eigenvalue weighted by Crippen LogP contribution is 2.21. The summed E-state index contributed by atoms with van der Waals surface area (Å²) in [5, 5.41) is 3.39. The Morgan fingerprint density at radius 2 is 1.27 bits per heavy atom. The monoisotopic (exact) mass is 368 g/mol. The number of amidine groups is 1. The van der Waals surface area contributed by atoms with E-state index in [1.165, 1.54) is 0 Å². The second-order valence-corrected chi connectivity index (χ2v) is 5.38. The molecule has 0 unspecified atom stereocenters. The van der Waals surface area contributed by atoms with E-state index in [9.17, 15) is 0 Å². The normalized spacial score (nSPS) is 10.6. The molecule has 1 N–H and O–H groups in total. The number of rotatable bonds is 5. The number of nitrogens with one attached hydrogen (secondary N) is 1. The summed E-state index contributed by atoms with van der Waals surface area (Å²) in [6.45, 7) is 0. The molecular weight excluding hydrogens is 348 g/mol. The number of anilines is 1. The Kier molecular flexibility index (Phi) is 7.06. The fraction of sp³-hybridized carbons (Fsp3) is 0.0952. The zero-order chi connectivity index (χ0) is 17.5. The first-order valence-electron chi connectivity index (χ1n) is 7.98. The van der Waals surface area contributed by atoms with Crippen LogP contribution in [-0.4, -0.2) is 20.1 Å². The maximum atomic E-state index is 5.24. The van der Waals surface area contributed by atoms with Crippen LogP contribution in [0.5, 0.6) is 11.5 Å². The van der Waals surface area contributed by atoms with Gasteiger partial charge < -0.3 is 14.8 Å². The standard InChI is InChI=1S/C21H20N2O2.ClH/c1-24-19-12-8-16(9-13-19)21(22-17-6-4-3-5-7-17)23-18-10-14-20(25-2)15-11-18;/h3-15H,1-2H3,(H,22,23);1H. The van der Waals surface area contributed by atoms with E-state index < -0.39 is 0 Å². The lowest BCUT2D eigenvalue weighted by molar-refractivity contribution is 0.414. The third kappa shape index (κ3) is 5.01. The lowest BCUT2D eigenvalue weighted by Crippen LogP contribution is -2.13. The van der Waals surface area contributed by atoms with Crippen LogP contribution in [0.25, 0.3) is 0 Å². The van der Waals surface area contributed by atoms with E-state index in [1.807, 2.05) is 78.9 Å². The third-order valence-corrected chi connectivity index (χ3v) is 3.71. The van der Waals surface area contributed by atoms with Crippen molar-refractivity contribution in [2.75, 3.05) is 19.5 Å². The number of halogens is 1. The molecule has 0 saturated heterocycles. The quantitative estimate of drug-likeness (QED) is 0.489. The van der Waals surface area contributed by atoms with Crippen molar-refractivity contribution in [2.24, 2.45) is 4.99 Å². The fourth-order valence-corrected chi connectivity index (χ4v) is 2.36. The van der Waals surface area contributed by atoms with Gasteiger partial charge in [0.25, 0.3) is 0 Å². The van der Waals surface area contributed by atoms with Crippen molar-refractivity contribution in [1.82, 2.24) is 0 Å². The minimum atomic E-state index is 0. The second kappa shape index (κ2) is 9.49. The van der Waals surface area contributed by atoms with Crippen LogP contribution in [-0.2, 0) is 0 Å². The molecule has 0 saturated carbocycles. The smallest absolute Gasteiger partial charge is 0.138 e. The van der Waals surface area contributed by atoms with Crippen LogP contribution in [0.2, 0.25) is 0 Å². The number of hydrogen-bond donors (Lipinski definition) is 1. The molecule has 3 rings (SSSR count). The van der Waals surface area contributed by atoms with E-state index >= 15 is 0 Å². The van der Waals surface area contributed by atoms with Crippen LogP contribution >= 0.6 is 12.4 Å². The van der Waals surface area contributed by atoms with Gasteiger partial charge in [-0.25, -0.2) is 4.99 Å². The first-order valence-corrected chi connectivity index (χ1v) is 7.98. The number of methoxy groups -OCH3 is 2. The molecule has 26 heavy (non-hydrogen) atoms. The van der Waals surface area contributed by atoms with E-state index in [0.717, 1.165) is 34.3 Å². The molecule has 0 atom stereocenters. The van der Waals surface area contributed by atoms with Gasteiger partial charge in [-0.1, -0.05) is 18.2 Å². The van der Waals surface area contributed by atoms with Crippen molar-refractivity contribution in [3.8, 4) is 11.5 Å². The molecule has 0 aliphatic rings. The van der Waals surface area contributed by atoms with Crippen LogP contribution in [0.3, 0.4) is 0 Å². The number of para-hydroxylation sites is 1. The Labute approximate surface area is 159 Å². The summed E-state index contributed by atoms with van der Waals surface area (Å²) in [6.07, 6.45) is 0. The highest BCUT2D eigenvalue weighted by molar-refractivity contribution is 6.09. The summed E-state index contributed by atoms with van der Waals surface area (Å²) in [4.78, 5) is 4.76. The van der Waals surface area contributed by atoms with Gasteiger partial charge >= 0.3 is 0 Å². The van der Waals surface area contributed by atoms with Gasteiger partial charge in [0.05, 0.1) is 19.9 Å². The molecule has 0 amide bonds. The summed E-state index contributed by atoms with van der Waals surface area (Å²) >= 11 is 0. The second-order valence-electron chi connectivity index (χ2n) is 5.38. The van der Waals surface area contributed by atoms with Gasteiger partial charge in [0, 0.05) is 11.3 Å². The molecular formula is C21H21ClN2O2. The summed E-state index contributed by atoms with van der Waals surface area (Å²) in [5.41, 5.74) is 2.79. The van der Waals surface area contributed by atoms with Crippen molar-refractivity contribution in [3.63, 3.8) is 0 Å². The van der Waals surface area contributed by atoms with Crippen LogP contribution in [0, 0.1) is 0 Å². The number of benzene rings is 3. The summed E-state index contributed by atoms with van der Waals surface area (Å²) in [7, 11) is 3.31. The Morgan fingerprint density at radius 3 is 1.81 bits per heavy atom.